The molecule has 5 heteroatoms. The summed E-state index contributed by atoms with van der Waals surface area (Å²) in [6, 6.07) is 10.8. The van der Waals surface area contributed by atoms with Crippen molar-refractivity contribution in [3.63, 3.8) is 0 Å². The lowest BCUT2D eigenvalue weighted by Crippen LogP contribution is -1.94. The van der Waals surface area contributed by atoms with Crippen LogP contribution < -0.4 is 10.5 Å². The van der Waals surface area contributed by atoms with Crippen molar-refractivity contribution in [3.8, 4) is 17.6 Å². The number of halogens is 2. The van der Waals surface area contributed by atoms with E-state index in [4.69, 9.17) is 27.3 Å². The molecule has 2 aromatic rings. The number of nitrogen functional groups attached to an aromatic ring is 1. The average molecular weight is 263 g/mol. The number of nitriles is 1. The van der Waals surface area contributed by atoms with Gasteiger partial charge in [-0.1, -0.05) is 11.6 Å². The molecule has 0 spiro atoms. The fourth-order valence-corrected chi connectivity index (χ4v) is 1.53. The van der Waals surface area contributed by atoms with E-state index in [-0.39, 0.29) is 16.5 Å². The van der Waals surface area contributed by atoms with Gasteiger partial charge in [0.15, 0.2) is 5.75 Å². The zero-order chi connectivity index (χ0) is 13.1. The molecule has 0 radical (unpaired) electrons. The van der Waals surface area contributed by atoms with Gasteiger partial charge in [0.2, 0.25) is 0 Å². The van der Waals surface area contributed by atoms with E-state index in [1.807, 2.05) is 6.07 Å². The molecular formula is C13H8ClFN2O. The summed E-state index contributed by atoms with van der Waals surface area (Å²) in [6.45, 7) is 0. The van der Waals surface area contributed by atoms with Crippen LogP contribution in [0, 0.1) is 17.1 Å². The zero-order valence-corrected chi connectivity index (χ0v) is 9.91. The molecule has 2 rings (SSSR count). The van der Waals surface area contributed by atoms with E-state index in [1.165, 1.54) is 6.07 Å². The predicted octanol–water partition coefficient (Wildman–Crippen LogP) is 3.73. The maximum Gasteiger partial charge on any atom is 0.153 e. The van der Waals surface area contributed by atoms with E-state index in [9.17, 15) is 4.39 Å². The molecule has 0 unspecified atom stereocenters. The van der Waals surface area contributed by atoms with Crippen LogP contribution in [-0.2, 0) is 0 Å². The lowest BCUT2D eigenvalue weighted by molar-refractivity contribution is 0.479. The first kappa shape index (κ1) is 12.2. The molecule has 0 aliphatic rings. The number of hydrogen-bond donors (Lipinski definition) is 1. The summed E-state index contributed by atoms with van der Waals surface area (Å²) in [6.07, 6.45) is 0. The number of hydrogen-bond acceptors (Lipinski definition) is 3. The summed E-state index contributed by atoms with van der Waals surface area (Å²) < 4.78 is 18.7. The van der Waals surface area contributed by atoms with Crippen molar-refractivity contribution in [1.82, 2.24) is 0 Å². The molecule has 3 nitrogen and oxygen atoms in total. The van der Waals surface area contributed by atoms with E-state index in [2.05, 4.69) is 0 Å². The molecule has 0 saturated heterocycles. The predicted molar refractivity (Wildman–Crippen MR) is 67.1 cm³/mol. The smallest absolute Gasteiger partial charge is 0.153 e. The van der Waals surface area contributed by atoms with Gasteiger partial charge in [-0.15, -0.1) is 0 Å². The van der Waals surface area contributed by atoms with Crippen molar-refractivity contribution in [2.75, 3.05) is 5.73 Å². The fourth-order valence-electron chi connectivity index (χ4n) is 1.36. The van der Waals surface area contributed by atoms with Crippen LogP contribution in [0.15, 0.2) is 36.4 Å². The Morgan fingerprint density at radius 3 is 2.50 bits per heavy atom. The molecule has 0 aromatic heterocycles. The number of anilines is 1. The lowest BCUT2D eigenvalue weighted by Gasteiger charge is -2.09. The van der Waals surface area contributed by atoms with Crippen molar-refractivity contribution < 1.29 is 9.13 Å². The second-order valence-electron chi connectivity index (χ2n) is 3.54. The first-order chi connectivity index (χ1) is 8.60. The van der Waals surface area contributed by atoms with Gasteiger partial charge in [0.05, 0.1) is 22.3 Å². The molecule has 0 saturated carbocycles. The van der Waals surface area contributed by atoms with Crippen molar-refractivity contribution in [3.05, 3.63) is 52.8 Å². The number of nitrogens with two attached hydrogens (primary N) is 1. The maximum absolute atomic E-state index is 13.3. The van der Waals surface area contributed by atoms with Crippen LogP contribution in [0.4, 0.5) is 10.1 Å². The second-order valence-corrected chi connectivity index (χ2v) is 3.95. The third kappa shape index (κ3) is 2.53. The number of ether oxygens (including phenoxy) is 1. The Kier molecular flexibility index (Phi) is 3.35. The maximum atomic E-state index is 13.3. The van der Waals surface area contributed by atoms with Gasteiger partial charge in [0.1, 0.15) is 11.6 Å². The Labute approximate surface area is 108 Å². The van der Waals surface area contributed by atoms with Crippen LogP contribution in [0.2, 0.25) is 5.02 Å². The van der Waals surface area contributed by atoms with Crippen molar-refractivity contribution in [1.29, 1.82) is 5.26 Å². The standard InChI is InChI=1S/C13H8ClFN2O/c14-10-5-12(17)13(6-11(10)15)18-9-3-1-8(7-16)2-4-9/h1-6H,17H2. The summed E-state index contributed by atoms with van der Waals surface area (Å²) >= 11 is 5.58. The normalized spacial score (nSPS) is 9.83. The molecule has 0 fully saturated rings. The number of nitrogens with zero attached hydrogens (tertiary/aromatic N) is 1. The van der Waals surface area contributed by atoms with Gasteiger partial charge in [0, 0.05) is 6.07 Å². The highest BCUT2D eigenvalue weighted by molar-refractivity contribution is 6.31. The highest BCUT2D eigenvalue weighted by Gasteiger charge is 2.08. The molecule has 0 amide bonds. The Morgan fingerprint density at radius 1 is 1.22 bits per heavy atom. The monoisotopic (exact) mass is 262 g/mol. The second kappa shape index (κ2) is 4.94. The van der Waals surface area contributed by atoms with E-state index in [1.54, 1.807) is 24.3 Å². The van der Waals surface area contributed by atoms with Gasteiger partial charge in [0.25, 0.3) is 0 Å². The average Bonchev–Trinajstić information content (AvgIpc) is 2.37. The minimum Gasteiger partial charge on any atom is -0.455 e. The van der Waals surface area contributed by atoms with Crippen molar-refractivity contribution in [2.45, 2.75) is 0 Å². The van der Waals surface area contributed by atoms with Crippen LogP contribution in [0.25, 0.3) is 0 Å². The van der Waals surface area contributed by atoms with Gasteiger partial charge in [-0.05, 0) is 30.3 Å². The van der Waals surface area contributed by atoms with E-state index in [0.29, 0.717) is 11.3 Å². The van der Waals surface area contributed by atoms with Crippen LogP contribution in [0.1, 0.15) is 5.56 Å². The van der Waals surface area contributed by atoms with E-state index >= 15 is 0 Å². The summed E-state index contributed by atoms with van der Waals surface area (Å²) in [4.78, 5) is 0. The van der Waals surface area contributed by atoms with Crippen molar-refractivity contribution >= 4 is 17.3 Å². The molecule has 90 valence electrons. The fraction of sp³-hybridized carbons (Fsp3) is 0. The van der Waals surface area contributed by atoms with Gasteiger partial charge in [-0.3, -0.25) is 0 Å². The zero-order valence-electron chi connectivity index (χ0n) is 9.15. The first-order valence-corrected chi connectivity index (χ1v) is 5.40. The molecule has 0 heterocycles. The van der Waals surface area contributed by atoms with Crippen molar-refractivity contribution in [2.24, 2.45) is 0 Å². The molecule has 0 atom stereocenters. The summed E-state index contributed by atoms with van der Waals surface area (Å²) in [5.41, 5.74) is 6.42. The van der Waals surface area contributed by atoms with Crippen LogP contribution in [0.3, 0.4) is 0 Å². The Hall–Kier alpha value is -2.25. The molecule has 2 aromatic carbocycles. The van der Waals surface area contributed by atoms with Crippen LogP contribution in [-0.4, -0.2) is 0 Å². The molecule has 18 heavy (non-hydrogen) atoms. The third-order valence-corrected chi connectivity index (χ3v) is 2.55. The molecular weight excluding hydrogens is 255 g/mol. The van der Waals surface area contributed by atoms with Crippen LogP contribution in [0.5, 0.6) is 11.5 Å². The van der Waals surface area contributed by atoms with E-state index < -0.39 is 5.82 Å². The lowest BCUT2D eigenvalue weighted by atomic mass is 10.2. The van der Waals surface area contributed by atoms with E-state index in [0.717, 1.165) is 6.07 Å². The Morgan fingerprint density at radius 2 is 1.89 bits per heavy atom. The third-order valence-electron chi connectivity index (χ3n) is 2.26. The minimum atomic E-state index is -0.602. The number of rotatable bonds is 2. The minimum absolute atomic E-state index is 0.0559. The van der Waals surface area contributed by atoms with Crippen LogP contribution >= 0.6 is 11.6 Å². The van der Waals surface area contributed by atoms with Gasteiger partial charge in [-0.2, -0.15) is 5.26 Å². The quantitative estimate of drug-likeness (QED) is 0.839. The largest absolute Gasteiger partial charge is 0.455 e. The Balaban J connectivity index is 2.28. The SMILES string of the molecule is N#Cc1ccc(Oc2cc(F)c(Cl)cc2N)cc1. The molecule has 2 N–H and O–H groups in total. The summed E-state index contributed by atoms with van der Waals surface area (Å²) in [5.74, 6) is 0.0403. The summed E-state index contributed by atoms with van der Waals surface area (Å²) in [5, 5.41) is 8.60. The topological polar surface area (TPSA) is 59.0 Å². The highest BCUT2D eigenvalue weighted by atomic mass is 35.5. The van der Waals surface area contributed by atoms with Gasteiger partial charge in [-0.25, -0.2) is 4.39 Å². The van der Waals surface area contributed by atoms with Gasteiger partial charge < -0.3 is 10.5 Å². The molecule has 0 bridgehead atoms. The Bertz CT molecular complexity index is 620. The highest BCUT2D eigenvalue weighted by Crippen LogP contribution is 2.31. The van der Waals surface area contributed by atoms with Gasteiger partial charge >= 0.3 is 0 Å². The first-order valence-electron chi connectivity index (χ1n) is 5.02. The molecule has 0 aliphatic carbocycles. The molecule has 0 aliphatic heterocycles. The summed E-state index contributed by atoms with van der Waals surface area (Å²) in [7, 11) is 0. The number of benzene rings is 2.